The summed E-state index contributed by atoms with van der Waals surface area (Å²) in [6.07, 6.45) is 4.11. The largest absolute Gasteiger partial charge is 0.364 e. The molecule has 5 heteroatoms. The highest BCUT2D eigenvalue weighted by Gasteiger charge is 2.08. The first kappa shape index (κ1) is 12.7. The molecule has 2 aromatic heterocycles. The highest BCUT2D eigenvalue weighted by atomic mass is 15.3. The van der Waals surface area contributed by atoms with E-state index in [9.17, 15) is 0 Å². The van der Waals surface area contributed by atoms with Crippen LogP contribution in [-0.4, -0.2) is 19.6 Å². The summed E-state index contributed by atoms with van der Waals surface area (Å²) in [5.74, 6) is 0.951. The summed E-state index contributed by atoms with van der Waals surface area (Å²) in [6.45, 7) is 9.11. The Balaban J connectivity index is 2.08. The van der Waals surface area contributed by atoms with E-state index in [1.165, 1.54) is 11.1 Å². The Bertz CT molecular complexity index is 536. The molecular formula is C13H21N5. The van der Waals surface area contributed by atoms with E-state index < -0.39 is 0 Å². The molecule has 0 atom stereocenters. The molecule has 0 bridgehead atoms. The van der Waals surface area contributed by atoms with Gasteiger partial charge in [0.25, 0.3) is 0 Å². The van der Waals surface area contributed by atoms with Crippen LogP contribution in [-0.2, 0) is 13.6 Å². The first-order chi connectivity index (χ1) is 8.47. The lowest BCUT2D eigenvalue weighted by Gasteiger charge is -2.05. The second kappa shape index (κ2) is 4.84. The lowest BCUT2D eigenvalue weighted by Crippen LogP contribution is -2.04. The van der Waals surface area contributed by atoms with Crippen LogP contribution >= 0.6 is 0 Å². The van der Waals surface area contributed by atoms with Crippen molar-refractivity contribution in [1.29, 1.82) is 0 Å². The summed E-state index contributed by atoms with van der Waals surface area (Å²) < 4.78 is 3.82. The maximum Gasteiger partial charge on any atom is 0.151 e. The third kappa shape index (κ3) is 2.55. The van der Waals surface area contributed by atoms with Crippen molar-refractivity contribution in [2.45, 2.75) is 40.3 Å². The van der Waals surface area contributed by atoms with Crippen LogP contribution in [0.25, 0.3) is 0 Å². The van der Waals surface area contributed by atoms with E-state index in [0.717, 1.165) is 18.1 Å². The Morgan fingerprint density at radius 1 is 1.22 bits per heavy atom. The molecule has 0 radical (unpaired) electrons. The number of hydrogen-bond acceptors (Lipinski definition) is 3. The van der Waals surface area contributed by atoms with Crippen molar-refractivity contribution in [2.75, 3.05) is 5.32 Å². The van der Waals surface area contributed by atoms with Gasteiger partial charge in [-0.25, -0.2) is 0 Å². The maximum absolute atomic E-state index is 4.54. The molecule has 5 nitrogen and oxygen atoms in total. The van der Waals surface area contributed by atoms with E-state index in [-0.39, 0.29) is 0 Å². The SMILES string of the molecule is Cc1cn(C(C)C)nc1NCc1cn(C)nc1C. The van der Waals surface area contributed by atoms with Crippen LogP contribution in [0.4, 0.5) is 5.82 Å². The molecule has 0 saturated carbocycles. The Kier molecular flexibility index (Phi) is 3.41. The first-order valence-corrected chi connectivity index (χ1v) is 6.26. The van der Waals surface area contributed by atoms with Crippen molar-refractivity contribution in [3.05, 3.63) is 29.2 Å². The fourth-order valence-corrected chi connectivity index (χ4v) is 1.92. The van der Waals surface area contributed by atoms with Crippen LogP contribution in [0.3, 0.4) is 0 Å². The molecule has 1 N–H and O–H groups in total. The monoisotopic (exact) mass is 247 g/mol. The molecule has 0 saturated heterocycles. The van der Waals surface area contributed by atoms with E-state index in [1.54, 1.807) is 0 Å². The standard InChI is InChI=1S/C13H21N5/c1-9(2)18-7-10(3)13(16-18)14-6-12-8-17(5)15-11(12)4/h7-9H,6H2,1-5H3,(H,14,16). The first-order valence-electron chi connectivity index (χ1n) is 6.26. The number of hydrogen-bond donors (Lipinski definition) is 1. The average Bonchev–Trinajstić information content (AvgIpc) is 2.79. The number of nitrogens with one attached hydrogen (secondary N) is 1. The van der Waals surface area contributed by atoms with Gasteiger partial charge in [-0.2, -0.15) is 10.2 Å². The van der Waals surface area contributed by atoms with Crippen molar-refractivity contribution in [1.82, 2.24) is 19.6 Å². The summed E-state index contributed by atoms with van der Waals surface area (Å²) in [5.41, 5.74) is 3.44. The molecule has 0 spiro atoms. The summed E-state index contributed by atoms with van der Waals surface area (Å²) in [6, 6.07) is 0.388. The van der Waals surface area contributed by atoms with Gasteiger partial charge in [0.2, 0.25) is 0 Å². The third-order valence-corrected chi connectivity index (χ3v) is 3.01. The minimum absolute atomic E-state index is 0.388. The Hall–Kier alpha value is -1.78. The smallest absolute Gasteiger partial charge is 0.151 e. The van der Waals surface area contributed by atoms with Crippen molar-refractivity contribution in [3.63, 3.8) is 0 Å². The van der Waals surface area contributed by atoms with Gasteiger partial charge in [-0.3, -0.25) is 9.36 Å². The highest BCUT2D eigenvalue weighted by Crippen LogP contribution is 2.16. The van der Waals surface area contributed by atoms with Crippen LogP contribution in [0.1, 0.15) is 36.7 Å². The van der Waals surface area contributed by atoms with Crippen molar-refractivity contribution >= 4 is 5.82 Å². The molecule has 0 aliphatic heterocycles. The molecule has 0 unspecified atom stereocenters. The topological polar surface area (TPSA) is 47.7 Å². The quantitative estimate of drug-likeness (QED) is 0.902. The van der Waals surface area contributed by atoms with Gasteiger partial charge in [0, 0.05) is 43.2 Å². The molecule has 0 amide bonds. The summed E-state index contributed by atoms with van der Waals surface area (Å²) in [4.78, 5) is 0. The second-order valence-corrected chi connectivity index (χ2v) is 5.00. The summed E-state index contributed by atoms with van der Waals surface area (Å²) >= 11 is 0. The van der Waals surface area contributed by atoms with Crippen molar-refractivity contribution in [3.8, 4) is 0 Å². The van der Waals surface area contributed by atoms with E-state index >= 15 is 0 Å². The molecule has 98 valence electrons. The number of aryl methyl sites for hydroxylation is 3. The molecule has 2 heterocycles. The molecule has 0 aliphatic carbocycles. The Labute approximate surface area is 108 Å². The average molecular weight is 247 g/mol. The minimum atomic E-state index is 0.388. The Morgan fingerprint density at radius 3 is 2.44 bits per heavy atom. The minimum Gasteiger partial charge on any atom is -0.364 e. The van der Waals surface area contributed by atoms with Crippen LogP contribution in [0.15, 0.2) is 12.4 Å². The maximum atomic E-state index is 4.54. The fourth-order valence-electron chi connectivity index (χ4n) is 1.92. The van der Waals surface area contributed by atoms with E-state index in [4.69, 9.17) is 0 Å². The van der Waals surface area contributed by atoms with Gasteiger partial charge in [-0.05, 0) is 27.7 Å². The van der Waals surface area contributed by atoms with Crippen LogP contribution < -0.4 is 5.32 Å². The Morgan fingerprint density at radius 2 is 1.94 bits per heavy atom. The molecule has 2 rings (SSSR count). The third-order valence-electron chi connectivity index (χ3n) is 3.01. The van der Waals surface area contributed by atoms with Crippen molar-refractivity contribution in [2.24, 2.45) is 7.05 Å². The number of aromatic nitrogens is 4. The van der Waals surface area contributed by atoms with Crippen molar-refractivity contribution < 1.29 is 0 Å². The number of anilines is 1. The predicted octanol–water partition coefficient (Wildman–Crippen LogP) is 2.43. The van der Waals surface area contributed by atoms with Crippen LogP contribution in [0.2, 0.25) is 0 Å². The lowest BCUT2D eigenvalue weighted by molar-refractivity contribution is 0.533. The highest BCUT2D eigenvalue weighted by molar-refractivity contribution is 5.42. The molecule has 2 aromatic rings. The zero-order valence-electron chi connectivity index (χ0n) is 11.7. The molecule has 0 aromatic carbocycles. The fraction of sp³-hybridized carbons (Fsp3) is 0.538. The van der Waals surface area contributed by atoms with Gasteiger partial charge in [0.15, 0.2) is 5.82 Å². The zero-order chi connectivity index (χ0) is 13.3. The molecule has 0 aliphatic rings. The lowest BCUT2D eigenvalue weighted by atomic mass is 10.2. The van der Waals surface area contributed by atoms with E-state index in [2.05, 4.69) is 42.5 Å². The second-order valence-electron chi connectivity index (χ2n) is 5.00. The van der Waals surface area contributed by atoms with Gasteiger partial charge in [-0.15, -0.1) is 0 Å². The van der Waals surface area contributed by atoms with Gasteiger partial charge in [0.1, 0.15) is 0 Å². The normalized spacial score (nSPS) is 11.2. The number of rotatable bonds is 4. The van der Waals surface area contributed by atoms with Gasteiger partial charge < -0.3 is 5.32 Å². The van der Waals surface area contributed by atoms with Crippen LogP contribution in [0.5, 0.6) is 0 Å². The molecule has 0 fully saturated rings. The van der Waals surface area contributed by atoms with Crippen LogP contribution in [0, 0.1) is 13.8 Å². The van der Waals surface area contributed by atoms with Gasteiger partial charge in [0.05, 0.1) is 5.69 Å². The molecular weight excluding hydrogens is 226 g/mol. The zero-order valence-corrected chi connectivity index (χ0v) is 11.7. The summed E-state index contributed by atoms with van der Waals surface area (Å²) in [7, 11) is 1.94. The van der Waals surface area contributed by atoms with Gasteiger partial charge >= 0.3 is 0 Å². The van der Waals surface area contributed by atoms with Gasteiger partial charge in [-0.1, -0.05) is 0 Å². The number of nitrogens with zero attached hydrogens (tertiary/aromatic N) is 4. The predicted molar refractivity (Wildman–Crippen MR) is 72.6 cm³/mol. The van der Waals surface area contributed by atoms with E-state index in [0.29, 0.717) is 6.04 Å². The molecule has 18 heavy (non-hydrogen) atoms. The summed E-state index contributed by atoms with van der Waals surface area (Å²) in [5, 5.41) is 12.2. The van der Waals surface area contributed by atoms with E-state index in [1.807, 2.05) is 29.5 Å².